The molecule has 2 N–H and O–H groups in total. The van der Waals surface area contributed by atoms with Gasteiger partial charge in [-0.15, -0.1) is 0 Å². The number of aromatic nitrogens is 2. The number of nitrogens with one attached hydrogen (secondary N) is 2. The highest BCUT2D eigenvalue weighted by Crippen LogP contribution is 2.32. The number of imidazole rings is 1. The van der Waals surface area contributed by atoms with Crippen LogP contribution in [0.1, 0.15) is 21.6 Å². The first kappa shape index (κ1) is 23.0. The Morgan fingerprint density at radius 3 is 2.29 bits per heavy atom. The van der Waals surface area contributed by atoms with Gasteiger partial charge in [0.1, 0.15) is 29.1 Å². The van der Waals surface area contributed by atoms with Crippen LogP contribution in [-0.2, 0) is 6.18 Å². The summed E-state index contributed by atoms with van der Waals surface area (Å²) in [5, 5.41) is 12.2. The third kappa shape index (κ3) is 4.63. The molecule has 0 spiro atoms. The van der Waals surface area contributed by atoms with Crippen LogP contribution in [0, 0.1) is 17.1 Å². The number of halogens is 5. The van der Waals surface area contributed by atoms with Gasteiger partial charge in [-0.2, -0.15) is 18.4 Å². The van der Waals surface area contributed by atoms with Gasteiger partial charge in [-0.25, -0.2) is 9.37 Å². The van der Waals surface area contributed by atoms with Gasteiger partial charge in [0.2, 0.25) is 0 Å². The monoisotopic (exact) mass is 484 g/mol. The molecular formula is C24H13ClF4N4O. The standard InChI is InChI=1S/C24H13ClF4N4O/c25-17-2-1-3-18(26)20(17)22-32-19(12-30)21(33-22)13-6-10-16(11-7-13)31-23(34)14-4-8-15(9-5-14)24(27,28)29/h1-11H,(H,31,34)(H,32,33). The van der Waals surface area contributed by atoms with E-state index >= 15 is 0 Å². The number of aromatic amines is 1. The molecular weight excluding hydrogens is 472 g/mol. The number of hydrogen-bond acceptors (Lipinski definition) is 3. The first-order chi connectivity index (χ1) is 16.2. The number of benzene rings is 3. The Labute approximate surface area is 195 Å². The van der Waals surface area contributed by atoms with Crippen LogP contribution in [0.25, 0.3) is 22.6 Å². The normalized spacial score (nSPS) is 11.2. The number of amides is 1. The van der Waals surface area contributed by atoms with E-state index in [-0.39, 0.29) is 33.4 Å². The van der Waals surface area contributed by atoms with E-state index in [1.807, 2.05) is 6.07 Å². The smallest absolute Gasteiger partial charge is 0.329 e. The summed E-state index contributed by atoms with van der Waals surface area (Å²) in [6.07, 6.45) is -4.49. The molecule has 0 atom stereocenters. The molecule has 0 saturated carbocycles. The second-order valence-corrected chi connectivity index (χ2v) is 7.53. The van der Waals surface area contributed by atoms with Crippen molar-refractivity contribution in [2.75, 3.05) is 5.32 Å². The van der Waals surface area contributed by atoms with Crippen molar-refractivity contribution >= 4 is 23.2 Å². The summed E-state index contributed by atoms with van der Waals surface area (Å²) in [5.41, 5.74) is 0.485. The van der Waals surface area contributed by atoms with Gasteiger partial charge in [0.25, 0.3) is 5.91 Å². The quantitative estimate of drug-likeness (QED) is 0.317. The third-order valence-corrected chi connectivity index (χ3v) is 5.22. The Morgan fingerprint density at radius 2 is 1.71 bits per heavy atom. The summed E-state index contributed by atoms with van der Waals surface area (Å²) in [5.74, 6) is -1.09. The molecule has 0 saturated heterocycles. The zero-order valence-corrected chi connectivity index (χ0v) is 17.8. The fourth-order valence-electron chi connectivity index (χ4n) is 3.23. The molecule has 0 fully saturated rings. The fraction of sp³-hybridized carbons (Fsp3) is 0.0417. The zero-order chi connectivity index (χ0) is 24.5. The van der Waals surface area contributed by atoms with E-state index in [0.29, 0.717) is 11.3 Å². The number of anilines is 1. The minimum Gasteiger partial charge on any atom is -0.329 e. The van der Waals surface area contributed by atoms with Gasteiger partial charge >= 0.3 is 6.18 Å². The van der Waals surface area contributed by atoms with Crippen molar-refractivity contribution in [2.24, 2.45) is 0 Å². The minimum absolute atomic E-state index is 0.0346. The van der Waals surface area contributed by atoms with Gasteiger partial charge in [-0.3, -0.25) is 4.79 Å². The Bertz CT molecular complexity index is 1380. The summed E-state index contributed by atoms with van der Waals surface area (Å²) < 4.78 is 52.3. The average molecular weight is 485 g/mol. The predicted molar refractivity (Wildman–Crippen MR) is 119 cm³/mol. The Balaban J connectivity index is 1.56. The Hall–Kier alpha value is -4.16. The van der Waals surface area contributed by atoms with Crippen LogP contribution in [0.3, 0.4) is 0 Å². The molecule has 0 bridgehead atoms. The molecule has 0 aliphatic heterocycles. The van der Waals surface area contributed by atoms with Gasteiger partial charge in [-0.1, -0.05) is 29.8 Å². The largest absolute Gasteiger partial charge is 0.416 e. The maximum atomic E-state index is 14.3. The molecule has 0 radical (unpaired) electrons. The Morgan fingerprint density at radius 1 is 1.03 bits per heavy atom. The van der Waals surface area contributed by atoms with Crippen LogP contribution >= 0.6 is 11.6 Å². The summed E-state index contributed by atoms with van der Waals surface area (Å²) in [7, 11) is 0. The van der Waals surface area contributed by atoms with Crippen LogP contribution in [-0.4, -0.2) is 15.9 Å². The number of rotatable bonds is 4. The molecule has 1 amide bonds. The molecule has 0 aliphatic rings. The number of nitrogens with zero attached hydrogens (tertiary/aromatic N) is 2. The van der Waals surface area contributed by atoms with E-state index in [1.165, 1.54) is 18.2 Å². The molecule has 170 valence electrons. The molecule has 0 aliphatic carbocycles. The van der Waals surface area contributed by atoms with E-state index in [4.69, 9.17) is 11.6 Å². The van der Waals surface area contributed by atoms with Crippen LogP contribution in [0.15, 0.2) is 66.7 Å². The Kier molecular flexibility index (Phi) is 6.09. The van der Waals surface area contributed by atoms with E-state index in [1.54, 1.807) is 24.3 Å². The number of carbonyl (C=O) groups excluding carboxylic acids is 1. The molecule has 34 heavy (non-hydrogen) atoms. The van der Waals surface area contributed by atoms with Gasteiger partial charge in [0.05, 0.1) is 16.1 Å². The lowest BCUT2D eigenvalue weighted by atomic mass is 10.1. The van der Waals surface area contributed by atoms with Crippen molar-refractivity contribution in [2.45, 2.75) is 6.18 Å². The molecule has 1 heterocycles. The summed E-state index contributed by atoms with van der Waals surface area (Å²) in [6.45, 7) is 0. The SMILES string of the molecule is N#Cc1[nH]c(-c2c(F)cccc2Cl)nc1-c1ccc(NC(=O)c2ccc(C(F)(F)F)cc2)cc1. The van der Waals surface area contributed by atoms with Crippen LogP contribution < -0.4 is 5.32 Å². The third-order valence-electron chi connectivity index (χ3n) is 4.91. The van der Waals surface area contributed by atoms with Crippen molar-refractivity contribution in [1.82, 2.24) is 9.97 Å². The number of carbonyl (C=O) groups is 1. The van der Waals surface area contributed by atoms with Crippen LogP contribution in [0.5, 0.6) is 0 Å². The van der Waals surface area contributed by atoms with Crippen LogP contribution in [0.2, 0.25) is 5.02 Å². The van der Waals surface area contributed by atoms with Gasteiger partial charge in [0, 0.05) is 16.8 Å². The van der Waals surface area contributed by atoms with Gasteiger partial charge in [-0.05, 0) is 48.5 Å². The van der Waals surface area contributed by atoms with E-state index in [9.17, 15) is 27.6 Å². The fourth-order valence-corrected chi connectivity index (χ4v) is 3.48. The lowest BCUT2D eigenvalue weighted by molar-refractivity contribution is -0.137. The number of hydrogen-bond donors (Lipinski definition) is 2. The maximum Gasteiger partial charge on any atom is 0.416 e. The van der Waals surface area contributed by atoms with Crippen LogP contribution in [0.4, 0.5) is 23.2 Å². The zero-order valence-electron chi connectivity index (χ0n) is 17.0. The van der Waals surface area contributed by atoms with Crippen molar-refractivity contribution in [3.63, 3.8) is 0 Å². The summed E-state index contributed by atoms with van der Waals surface area (Å²) in [6, 6.07) is 16.3. The number of nitriles is 1. The van der Waals surface area contributed by atoms with Gasteiger partial charge < -0.3 is 10.3 Å². The number of H-pyrrole nitrogens is 1. The molecule has 10 heteroatoms. The highest BCUT2D eigenvalue weighted by Gasteiger charge is 2.30. The van der Waals surface area contributed by atoms with E-state index in [0.717, 1.165) is 24.3 Å². The molecule has 0 unspecified atom stereocenters. The van der Waals surface area contributed by atoms with Crippen molar-refractivity contribution in [1.29, 1.82) is 5.26 Å². The molecule has 1 aromatic heterocycles. The van der Waals surface area contributed by atoms with E-state index in [2.05, 4.69) is 15.3 Å². The minimum atomic E-state index is -4.49. The molecule has 5 nitrogen and oxygen atoms in total. The summed E-state index contributed by atoms with van der Waals surface area (Å²) >= 11 is 6.09. The first-order valence-electron chi connectivity index (χ1n) is 9.71. The predicted octanol–water partition coefficient (Wildman–Crippen LogP) is 6.68. The first-order valence-corrected chi connectivity index (χ1v) is 10.1. The number of alkyl halides is 3. The average Bonchev–Trinajstić information content (AvgIpc) is 3.23. The second-order valence-electron chi connectivity index (χ2n) is 7.12. The maximum absolute atomic E-state index is 14.3. The highest BCUT2D eigenvalue weighted by molar-refractivity contribution is 6.33. The van der Waals surface area contributed by atoms with Crippen molar-refractivity contribution < 1.29 is 22.4 Å². The highest BCUT2D eigenvalue weighted by atomic mass is 35.5. The molecule has 3 aromatic carbocycles. The molecule has 4 aromatic rings. The topological polar surface area (TPSA) is 81.6 Å². The van der Waals surface area contributed by atoms with E-state index < -0.39 is 23.5 Å². The lowest BCUT2D eigenvalue weighted by Gasteiger charge is -2.09. The van der Waals surface area contributed by atoms with Crippen molar-refractivity contribution in [3.8, 4) is 28.7 Å². The van der Waals surface area contributed by atoms with Gasteiger partial charge in [0.15, 0.2) is 0 Å². The summed E-state index contributed by atoms with van der Waals surface area (Å²) in [4.78, 5) is 19.4. The van der Waals surface area contributed by atoms with Crippen molar-refractivity contribution in [3.05, 3.63) is 94.4 Å². The molecule has 4 rings (SSSR count). The lowest BCUT2D eigenvalue weighted by Crippen LogP contribution is -2.12. The second kappa shape index (κ2) is 9.00.